The van der Waals surface area contributed by atoms with Crippen molar-refractivity contribution in [2.45, 2.75) is 31.6 Å². The van der Waals surface area contributed by atoms with Gasteiger partial charge in [-0.05, 0) is 25.0 Å². The molecular formula is C16H20N4O2. The van der Waals surface area contributed by atoms with Crippen molar-refractivity contribution in [1.82, 2.24) is 15.1 Å². The molecule has 1 aromatic rings. The van der Waals surface area contributed by atoms with E-state index in [1.165, 1.54) is 12.8 Å². The minimum Gasteiger partial charge on any atom is -0.352 e. The molecule has 0 bridgehead atoms. The van der Waals surface area contributed by atoms with Crippen LogP contribution in [0.2, 0.25) is 0 Å². The van der Waals surface area contributed by atoms with E-state index in [4.69, 9.17) is 0 Å². The first-order chi connectivity index (χ1) is 10.7. The minimum absolute atomic E-state index is 0.0586. The Morgan fingerprint density at radius 2 is 1.77 bits per heavy atom. The third-order valence-corrected chi connectivity index (χ3v) is 4.88. The zero-order chi connectivity index (χ0) is 15.1. The number of Topliss-reactive ketones (excluding diaryl/α,β-unsaturated/α-hetero) is 1. The quantitative estimate of drug-likeness (QED) is 0.832. The Balaban J connectivity index is 1.33. The minimum atomic E-state index is -0.0586. The maximum absolute atomic E-state index is 12.2. The van der Waals surface area contributed by atoms with Crippen molar-refractivity contribution < 1.29 is 9.59 Å². The number of anilines is 1. The third-order valence-electron chi connectivity index (χ3n) is 4.88. The van der Waals surface area contributed by atoms with Crippen LogP contribution in [0.5, 0.6) is 0 Å². The largest absolute Gasteiger partial charge is 0.352 e. The molecule has 3 fully saturated rings. The molecule has 0 radical (unpaired) electrons. The SMILES string of the molecule is O=C1CC(C(=O)N2CCN(c3ccc(C4CC4)nn3)CC2)C1. The standard InChI is InChI=1S/C16H20N4O2/c21-13-9-12(10-13)16(22)20-7-5-19(6-8-20)15-4-3-14(17-18-15)11-1-2-11/h3-4,11-12H,1-2,5-10H2. The van der Waals surface area contributed by atoms with Crippen molar-refractivity contribution in [3.05, 3.63) is 17.8 Å². The molecule has 2 heterocycles. The van der Waals surface area contributed by atoms with Crippen molar-refractivity contribution in [2.24, 2.45) is 5.92 Å². The van der Waals surface area contributed by atoms with Gasteiger partial charge in [0.25, 0.3) is 0 Å². The average Bonchev–Trinajstić information content (AvgIpc) is 3.36. The number of ketones is 1. The Labute approximate surface area is 129 Å². The fourth-order valence-corrected chi connectivity index (χ4v) is 3.18. The van der Waals surface area contributed by atoms with Gasteiger partial charge in [-0.1, -0.05) is 0 Å². The smallest absolute Gasteiger partial charge is 0.226 e. The Kier molecular flexibility index (Phi) is 3.32. The molecule has 0 N–H and O–H groups in total. The molecule has 0 aromatic carbocycles. The first-order valence-corrected chi connectivity index (χ1v) is 8.10. The van der Waals surface area contributed by atoms with Gasteiger partial charge in [0.1, 0.15) is 5.78 Å². The fourth-order valence-electron chi connectivity index (χ4n) is 3.18. The number of amides is 1. The first-order valence-electron chi connectivity index (χ1n) is 8.10. The highest BCUT2D eigenvalue weighted by atomic mass is 16.2. The maximum atomic E-state index is 12.2. The second-order valence-corrected chi connectivity index (χ2v) is 6.55. The molecule has 22 heavy (non-hydrogen) atoms. The molecule has 1 saturated heterocycles. The van der Waals surface area contributed by atoms with Crippen LogP contribution in [0.25, 0.3) is 0 Å². The van der Waals surface area contributed by atoms with E-state index in [1.54, 1.807) is 0 Å². The van der Waals surface area contributed by atoms with Crippen molar-refractivity contribution in [1.29, 1.82) is 0 Å². The van der Waals surface area contributed by atoms with Crippen molar-refractivity contribution in [3.63, 3.8) is 0 Å². The summed E-state index contributed by atoms with van der Waals surface area (Å²) in [4.78, 5) is 27.3. The molecule has 3 aliphatic rings. The summed E-state index contributed by atoms with van der Waals surface area (Å²) in [7, 11) is 0. The van der Waals surface area contributed by atoms with E-state index >= 15 is 0 Å². The van der Waals surface area contributed by atoms with Crippen LogP contribution >= 0.6 is 0 Å². The summed E-state index contributed by atoms with van der Waals surface area (Å²) in [5.41, 5.74) is 1.10. The molecule has 0 spiro atoms. The third kappa shape index (κ3) is 2.58. The van der Waals surface area contributed by atoms with Crippen LogP contribution in [0.4, 0.5) is 5.82 Å². The summed E-state index contributed by atoms with van der Waals surface area (Å²) in [6.45, 7) is 2.97. The maximum Gasteiger partial charge on any atom is 0.226 e. The normalized spacial score (nSPS) is 22.6. The number of carbonyl (C=O) groups is 2. The van der Waals surface area contributed by atoms with E-state index in [1.807, 2.05) is 11.0 Å². The molecule has 2 saturated carbocycles. The Hall–Kier alpha value is -1.98. The number of nitrogens with zero attached hydrogens (tertiary/aromatic N) is 4. The average molecular weight is 300 g/mol. The zero-order valence-electron chi connectivity index (χ0n) is 12.6. The van der Waals surface area contributed by atoms with Gasteiger partial charge in [0.2, 0.25) is 5.91 Å². The van der Waals surface area contributed by atoms with Gasteiger partial charge in [0.05, 0.1) is 11.6 Å². The van der Waals surface area contributed by atoms with Crippen LogP contribution in [0, 0.1) is 5.92 Å². The van der Waals surface area contributed by atoms with Crippen LogP contribution in [0.3, 0.4) is 0 Å². The highest BCUT2D eigenvalue weighted by molar-refractivity contribution is 5.96. The summed E-state index contributed by atoms with van der Waals surface area (Å²) in [6.07, 6.45) is 3.34. The molecule has 4 rings (SSSR count). The van der Waals surface area contributed by atoms with E-state index in [-0.39, 0.29) is 17.6 Å². The summed E-state index contributed by atoms with van der Waals surface area (Å²) in [6, 6.07) is 4.13. The predicted octanol–water partition coefficient (Wildman–Crippen LogP) is 0.982. The highest BCUT2D eigenvalue weighted by Gasteiger charge is 2.36. The lowest BCUT2D eigenvalue weighted by molar-refractivity contribution is -0.145. The van der Waals surface area contributed by atoms with E-state index in [0.717, 1.165) is 24.6 Å². The van der Waals surface area contributed by atoms with Gasteiger partial charge in [-0.25, -0.2) is 0 Å². The summed E-state index contributed by atoms with van der Waals surface area (Å²) in [5, 5.41) is 8.65. The van der Waals surface area contributed by atoms with Crippen LogP contribution in [-0.2, 0) is 9.59 Å². The molecule has 0 unspecified atom stereocenters. The Morgan fingerprint density at radius 3 is 2.32 bits per heavy atom. The van der Waals surface area contributed by atoms with Gasteiger partial charge in [-0.15, -0.1) is 5.10 Å². The topological polar surface area (TPSA) is 66.4 Å². The van der Waals surface area contributed by atoms with E-state index < -0.39 is 0 Å². The van der Waals surface area contributed by atoms with Gasteiger partial charge in [0.15, 0.2) is 5.82 Å². The fraction of sp³-hybridized carbons (Fsp3) is 0.625. The summed E-state index contributed by atoms with van der Waals surface area (Å²) in [5.74, 6) is 1.82. The number of piperazine rings is 1. The monoisotopic (exact) mass is 300 g/mol. The lowest BCUT2D eigenvalue weighted by atomic mass is 9.83. The molecule has 0 atom stereocenters. The lowest BCUT2D eigenvalue weighted by Crippen LogP contribution is -2.52. The second kappa shape index (κ2) is 5.34. The van der Waals surface area contributed by atoms with Gasteiger partial charge in [0, 0.05) is 44.9 Å². The Bertz CT molecular complexity index is 581. The number of hydrogen-bond donors (Lipinski definition) is 0. The zero-order valence-corrected chi connectivity index (χ0v) is 12.6. The number of aromatic nitrogens is 2. The number of rotatable bonds is 3. The van der Waals surface area contributed by atoms with Gasteiger partial charge < -0.3 is 9.80 Å². The molecule has 2 aliphatic carbocycles. The lowest BCUT2D eigenvalue weighted by Gasteiger charge is -2.38. The van der Waals surface area contributed by atoms with Crippen molar-refractivity contribution in [2.75, 3.05) is 31.1 Å². The van der Waals surface area contributed by atoms with E-state index in [2.05, 4.69) is 21.2 Å². The van der Waals surface area contributed by atoms with Gasteiger partial charge in [-0.3, -0.25) is 9.59 Å². The van der Waals surface area contributed by atoms with Crippen LogP contribution in [0.1, 0.15) is 37.3 Å². The molecular weight excluding hydrogens is 280 g/mol. The van der Waals surface area contributed by atoms with Gasteiger partial charge >= 0.3 is 0 Å². The highest BCUT2D eigenvalue weighted by Crippen LogP contribution is 2.38. The molecule has 6 nitrogen and oxygen atoms in total. The van der Waals surface area contributed by atoms with Crippen LogP contribution in [-0.4, -0.2) is 53.0 Å². The van der Waals surface area contributed by atoms with E-state index in [0.29, 0.717) is 31.8 Å². The molecule has 1 aliphatic heterocycles. The van der Waals surface area contributed by atoms with E-state index in [9.17, 15) is 9.59 Å². The predicted molar refractivity (Wildman–Crippen MR) is 80.5 cm³/mol. The van der Waals surface area contributed by atoms with Crippen molar-refractivity contribution >= 4 is 17.5 Å². The number of hydrogen-bond acceptors (Lipinski definition) is 5. The molecule has 6 heteroatoms. The van der Waals surface area contributed by atoms with Crippen molar-refractivity contribution in [3.8, 4) is 0 Å². The first kappa shape index (κ1) is 13.7. The second-order valence-electron chi connectivity index (χ2n) is 6.55. The molecule has 1 aromatic heterocycles. The molecule has 116 valence electrons. The Morgan fingerprint density at radius 1 is 1.05 bits per heavy atom. The van der Waals surface area contributed by atoms with Gasteiger partial charge in [-0.2, -0.15) is 5.10 Å². The van der Waals surface area contributed by atoms with Crippen LogP contribution in [0.15, 0.2) is 12.1 Å². The molecule has 1 amide bonds. The summed E-state index contributed by atoms with van der Waals surface area (Å²) >= 11 is 0. The number of carbonyl (C=O) groups excluding carboxylic acids is 2. The summed E-state index contributed by atoms with van der Waals surface area (Å²) < 4.78 is 0. The van der Waals surface area contributed by atoms with Crippen LogP contribution < -0.4 is 4.90 Å².